The van der Waals surface area contributed by atoms with Crippen molar-refractivity contribution >= 4 is 11.6 Å². The first-order valence-corrected chi connectivity index (χ1v) is 6.82. The largest absolute Gasteiger partial charge is 0.492 e. The Balaban J connectivity index is 2.75. The van der Waals surface area contributed by atoms with Gasteiger partial charge in [-0.05, 0) is 38.0 Å². The minimum absolute atomic E-state index is 0.0949. The number of anilines is 1. The molecule has 0 radical (unpaired) electrons. The van der Waals surface area contributed by atoms with Gasteiger partial charge in [0.1, 0.15) is 5.75 Å². The molecular weight excluding hydrogens is 240 g/mol. The van der Waals surface area contributed by atoms with Crippen molar-refractivity contribution in [2.45, 2.75) is 40.2 Å². The smallest absolute Gasteiger partial charge is 0.251 e. The maximum Gasteiger partial charge on any atom is 0.251 e. The van der Waals surface area contributed by atoms with Crippen LogP contribution < -0.4 is 15.8 Å². The molecule has 0 aliphatic heterocycles. The minimum atomic E-state index is -0.0949. The van der Waals surface area contributed by atoms with E-state index in [1.807, 2.05) is 13.8 Å². The summed E-state index contributed by atoms with van der Waals surface area (Å²) in [5.74, 6) is 0.973. The third-order valence-electron chi connectivity index (χ3n) is 3.43. The van der Waals surface area contributed by atoms with Gasteiger partial charge in [0.15, 0.2) is 0 Å². The van der Waals surface area contributed by atoms with Crippen molar-refractivity contribution in [1.29, 1.82) is 0 Å². The van der Waals surface area contributed by atoms with E-state index in [0.717, 1.165) is 6.42 Å². The fraction of sp³-hybridized carbons (Fsp3) is 0.533. The number of carbonyl (C=O) groups excluding carboxylic acids is 1. The molecule has 0 aliphatic rings. The van der Waals surface area contributed by atoms with Crippen LogP contribution in [-0.2, 0) is 0 Å². The van der Waals surface area contributed by atoms with Crippen LogP contribution in [0.15, 0.2) is 18.2 Å². The summed E-state index contributed by atoms with van der Waals surface area (Å²) in [5.41, 5.74) is 6.91. The molecule has 4 heteroatoms. The lowest BCUT2D eigenvalue weighted by Gasteiger charge is -2.20. The predicted octanol–water partition coefficient (Wildman–Crippen LogP) is 2.83. The van der Waals surface area contributed by atoms with Crippen molar-refractivity contribution in [1.82, 2.24) is 5.32 Å². The lowest BCUT2D eigenvalue weighted by atomic mass is 10.0. The van der Waals surface area contributed by atoms with Crippen molar-refractivity contribution in [3.05, 3.63) is 23.8 Å². The third-order valence-corrected chi connectivity index (χ3v) is 3.43. The molecule has 0 saturated carbocycles. The van der Waals surface area contributed by atoms with E-state index in [1.54, 1.807) is 18.2 Å². The lowest BCUT2D eigenvalue weighted by molar-refractivity contribution is 0.0928. The average Bonchev–Trinajstić information content (AvgIpc) is 2.40. The first-order chi connectivity index (χ1) is 8.99. The van der Waals surface area contributed by atoms with Crippen LogP contribution in [0.4, 0.5) is 5.69 Å². The van der Waals surface area contributed by atoms with Crippen molar-refractivity contribution in [3.63, 3.8) is 0 Å². The Bertz CT molecular complexity index is 432. The molecule has 2 atom stereocenters. The molecule has 0 aromatic heterocycles. The van der Waals surface area contributed by atoms with Gasteiger partial charge >= 0.3 is 0 Å². The molecule has 1 aromatic carbocycles. The third kappa shape index (κ3) is 4.16. The Kier molecular flexibility index (Phi) is 5.67. The Hall–Kier alpha value is -1.71. The Morgan fingerprint density at radius 1 is 1.37 bits per heavy atom. The number of nitrogens with two attached hydrogens (primary N) is 1. The second-order valence-corrected chi connectivity index (χ2v) is 4.83. The summed E-state index contributed by atoms with van der Waals surface area (Å²) in [6.07, 6.45) is 1.03. The molecule has 1 rings (SSSR count). The second kappa shape index (κ2) is 7.02. The number of benzene rings is 1. The van der Waals surface area contributed by atoms with Gasteiger partial charge in [-0.3, -0.25) is 4.79 Å². The molecule has 4 nitrogen and oxygen atoms in total. The zero-order chi connectivity index (χ0) is 14.4. The fourth-order valence-corrected chi connectivity index (χ4v) is 1.76. The number of rotatable bonds is 6. The van der Waals surface area contributed by atoms with E-state index >= 15 is 0 Å². The SMILES string of the molecule is CCOc1ccc(C(=O)NC(C)C(C)CC)cc1N. The van der Waals surface area contributed by atoms with Crippen molar-refractivity contribution < 1.29 is 9.53 Å². The Morgan fingerprint density at radius 3 is 2.58 bits per heavy atom. The molecule has 0 bridgehead atoms. The van der Waals surface area contributed by atoms with E-state index in [0.29, 0.717) is 29.5 Å². The van der Waals surface area contributed by atoms with Crippen LogP contribution in [-0.4, -0.2) is 18.6 Å². The minimum Gasteiger partial charge on any atom is -0.492 e. The van der Waals surface area contributed by atoms with Gasteiger partial charge in [-0.15, -0.1) is 0 Å². The van der Waals surface area contributed by atoms with Crippen LogP contribution in [0.1, 0.15) is 44.5 Å². The van der Waals surface area contributed by atoms with Crippen molar-refractivity contribution in [2.24, 2.45) is 5.92 Å². The van der Waals surface area contributed by atoms with Crippen molar-refractivity contribution in [3.8, 4) is 5.75 Å². The maximum absolute atomic E-state index is 12.1. The van der Waals surface area contributed by atoms with Crippen LogP contribution in [0.2, 0.25) is 0 Å². The topological polar surface area (TPSA) is 64.3 Å². The first-order valence-electron chi connectivity index (χ1n) is 6.82. The van der Waals surface area contributed by atoms with Gasteiger partial charge in [0.25, 0.3) is 5.91 Å². The second-order valence-electron chi connectivity index (χ2n) is 4.83. The molecule has 106 valence electrons. The van der Waals surface area contributed by atoms with Gasteiger partial charge in [-0.1, -0.05) is 20.3 Å². The zero-order valence-electron chi connectivity index (χ0n) is 12.2. The highest BCUT2D eigenvalue weighted by Crippen LogP contribution is 2.22. The summed E-state index contributed by atoms with van der Waals surface area (Å²) in [5, 5.41) is 2.99. The molecule has 2 unspecified atom stereocenters. The molecule has 1 aromatic rings. The summed E-state index contributed by atoms with van der Waals surface area (Å²) in [6.45, 7) is 8.71. The highest BCUT2D eigenvalue weighted by atomic mass is 16.5. The van der Waals surface area contributed by atoms with Gasteiger partial charge in [0.05, 0.1) is 12.3 Å². The first kappa shape index (κ1) is 15.3. The Labute approximate surface area is 115 Å². The fourth-order valence-electron chi connectivity index (χ4n) is 1.76. The molecule has 0 fully saturated rings. The molecule has 1 amide bonds. The van der Waals surface area contributed by atoms with Crippen LogP contribution in [0.3, 0.4) is 0 Å². The van der Waals surface area contributed by atoms with Gasteiger partial charge in [0.2, 0.25) is 0 Å². The normalized spacial score (nSPS) is 13.7. The molecule has 19 heavy (non-hydrogen) atoms. The molecule has 0 spiro atoms. The van der Waals surface area contributed by atoms with Gasteiger partial charge in [-0.25, -0.2) is 0 Å². The Morgan fingerprint density at radius 2 is 2.05 bits per heavy atom. The molecular formula is C15H24N2O2. The molecule has 0 aliphatic carbocycles. The van der Waals surface area contributed by atoms with E-state index in [4.69, 9.17) is 10.5 Å². The summed E-state index contributed by atoms with van der Waals surface area (Å²) in [6, 6.07) is 5.27. The lowest BCUT2D eigenvalue weighted by Crippen LogP contribution is -2.36. The monoisotopic (exact) mass is 264 g/mol. The summed E-state index contributed by atoms with van der Waals surface area (Å²) < 4.78 is 5.35. The number of hydrogen-bond acceptors (Lipinski definition) is 3. The molecule has 0 saturated heterocycles. The zero-order valence-corrected chi connectivity index (χ0v) is 12.2. The quantitative estimate of drug-likeness (QED) is 0.776. The number of nitrogen functional groups attached to an aromatic ring is 1. The summed E-state index contributed by atoms with van der Waals surface area (Å²) in [4.78, 5) is 12.1. The number of amides is 1. The standard InChI is InChI=1S/C15H24N2O2/c1-5-10(3)11(4)17-15(18)12-7-8-14(19-6-2)13(16)9-12/h7-11H,5-6,16H2,1-4H3,(H,17,18). The average molecular weight is 264 g/mol. The van der Waals surface area contributed by atoms with Gasteiger partial charge in [0, 0.05) is 11.6 Å². The highest BCUT2D eigenvalue weighted by molar-refractivity contribution is 5.95. The number of carbonyl (C=O) groups is 1. The van der Waals surface area contributed by atoms with Crippen LogP contribution in [0.5, 0.6) is 5.75 Å². The van der Waals surface area contributed by atoms with Crippen molar-refractivity contribution in [2.75, 3.05) is 12.3 Å². The number of nitrogens with one attached hydrogen (secondary N) is 1. The van der Waals surface area contributed by atoms with Gasteiger partial charge in [-0.2, -0.15) is 0 Å². The van der Waals surface area contributed by atoms with Crippen LogP contribution >= 0.6 is 0 Å². The maximum atomic E-state index is 12.1. The van der Waals surface area contributed by atoms with Crippen LogP contribution in [0, 0.1) is 5.92 Å². The number of hydrogen-bond donors (Lipinski definition) is 2. The van der Waals surface area contributed by atoms with Crippen LogP contribution in [0.25, 0.3) is 0 Å². The van der Waals surface area contributed by atoms with E-state index in [9.17, 15) is 4.79 Å². The van der Waals surface area contributed by atoms with E-state index in [2.05, 4.69) is 19.2 Å². The van der Waals surface area contributed by atoms with E-state index in [-0.39, 0.29) is 11.9 Å². The summed E-state index contributed by atoms with van der Waals surface area (Å²) >= 11 is 0. The molecule has 3 N–H and O–H groups in total. The van der Waals surface area contributed by atoms with Gasteiger partial charge < -0.3 is 15.8 Å². The summed E-state index contributed by atoms with van der Waals surface area (Å²) in [7, 11) is 0. The highest BCUT2D eigenvalue weighted by Gasteiger charge is 2.15. The van der Waals surface area contributed by atoms with E-state index < -0.39 is 0 Å². The predicted molar refractivity (Wildman–Crippen MR) is 78.4 cm³/mol. The number of ether oxygens (including phenoxy) is 1. The molecule has 0 heterocycles. The van der Waals surface area contributed by atoms with E-state index in [1.165, 1.54) is 0 Å².